The minimum absolute atomic E-state index is 0.110. The number of ketones is 1. The number of nitrogens with one attached hydrogen (secondary N) is 1. The number of carbonyl (C=O) groups excluding carboxylic acids is 3. The molecule has 0 bridgehead atoms. The van der Waals surface area contributed by atoms with E-state index < -0.39 is 17.7 Å². The highest BCUT2D eigenvalue weighted by atomic mass is 16.6. The first-order valence-corrected chi connectivity index (χ1v) is 6.91. The van der Waals surface area contributed by atoms with E-state index in [9.17, 15) is 14.4 Å². The van der Waals surface area contributed by atoms with Gasteiger partial charge in [-0.3, -0.25) is 9.59 Å². The van der Waals surface area contributed by atoms with Gasteiger partial charge >= 0.3 is 12.1 Å². The maximum atomic E-state index is 11.9. The summed E-state index contributed by atoms with van der Waals surface area (Å²) in [5, 5.41) is 2.55. The van der Waals surface area contributed by atoms with Crippen molar-refractivity contribution in [1.29, 1.82) is 0 Å². The zero-order chi connectivity index (χ0) is 15.3. The third-order valence-electron chi connectivity index (χ3n) is 2.95. The number of hydrogen-bond donors (Lipinski definition) is 1. The third kappa shape index (κ3) is 5.19. The van der Waals surface area contributed by atoms with Gasteiger partial charge in [0.05, 0.1) is 18.6 Å². The second-order valence-electron chi connectivity index (χ2n) is 5.90. The fourth-order valence-electron chi connectivity index (χ4n) is 2.08. The van der Waals surface area contributed by atoms with Crippen LogP contribution in [0.4, 0.5) is 4.79 Å². The lowest BCUT2D eigenvalue weighted by Gasteiger charge is -2.28. The molecule has 6 nitrogen and oxygen atoms in total. The Bertz CT molecular complexity index is 386. The summed E-state index contributed by atoms with van der Waals surface area (Å²) in [5.74, 6) is -0.879. The van der Waals surface area contributed by atoms with Crippen LogP contribution in [-0.2, 0) is 19.1 Å². The van der Waals surface area contributed by atoms with Crippen LogP contribution >= 0.6 is 0 Å². The number of hydrogen-bond acceptors (Lipinski definition) is 5. The Kier molecular flexibility index (Phi) is 5.53. The van der Waals surface area contributed by atoms with Gasteiger partial charge in [0.25, 0.3) is 0 Å². The van der Waals surface area contributed by atoms with E-state index in [0.29, 0.717) is 19.4 Å². The molecule has 114 valence electrons. The first-order valence-electron chi connectivity index (χ1n) is 6.91. The van der Waals surface area contributed by atoms with Crippen molar-refractivity contribution in [3.63, 3.8) is 0 Å². The van der Waals surface area contributed by atoms with E-state index in [0.717, 1.165) is 0 Å². The van der Waals surface area contributed by atoms with Gasteiger partial charge in [-0.15, -0.1) is 0 Å². The van der Waals surface area contributed by atoms with E-state index in [4.69, 9.17) is 9.47 Å². The topological polar surface area (TPSA) is 81.7 Å². The molecule has 0 saturated heterocycles. The molecule has 1 saturated carbocycles. The van der Waals surface area contributed by atoms with Gasteiger partial charge in [0.15, 0.2) is 5.78 Å². The molecule has 0 heterocycles. The van der Waals surface area contributed by atoms with Crippen LogP contribution in [0.2, 0.25) is 0 Å². The summed E-state index contributed by atoms with van der Waals surface area (Å²) in [7, 11) is 0. The maximum Gasteiger partial charge on any atom is 0.408 e. The molecule has 0 spiro atoms. The van der Waals surface area contributed by atoms with Crippen molar-refractivity contribution in [2.45, 2.75) is 58.6 Å². The van der Waals surface area contributed by atoms with Crippen LogP contribution in [0.15, 0.2) is 0 Å². The molecule has 1 aliphatic carbocycles. The van der Waals surface area contributed by atoms with Crippen molar-refractivity contribution in [1.82, 2.24) is 5.32 Å². The van der Waals surface area contributed by atoms with Crippen molar-refractivity contribution < 1.29 is 23.9 Å². The predicted octanol–water partition coefficient (Wildman–Crippen LogP) is 1.81. The largest absolute Gasteiger partial charge is 0.466 e. The van der Waals surface area contributed by atoms with Crippen molar-refractivity contribution in [2.75, 3.05) is 6.61 Å². The van der Waals surface area contributed by atoms with Crippen molar-refractivity contribution >= 4 is 17.8 Å². The van der Waals surface area contributed by atoms with E-state index in [2.05, 4.69) is 5.32 Å². The number of esters is 1. The Labute approximate surface area is 119 Å². The smallest absolute Gasteiger partial charge is 0.408 e. The van der Waals surface area contributed by atoms with Gasteiger partial charge in [-0.05, 0) is 40.5 Å². The minimum Gasteiger partial charge on any atom is -0.466 e. The summed E-state index contributed by atoms with van der Waals surface area (Å²) in [6, 6.07) is -0.574. The summed E-state index contributed by atoms with van der Waals surface area (Å²) < 4.78 is 10.0. The van der Waals surface area contributed by atoms with Gasteiger partial charge in [-0.25, -0.2) is 4.79 Å². The molecule has 1 amide bonds. The average Bonchev–Trinajstić information content (AvgIpc) is 2.29. The highest BCUT2D eigenvalue weighted by Gasteiger charge is 2.34. The van der Waals surface area contributed by atoms with Gasteiger partial charge in [-0.2, -0.15) is 0 Å². The number of ether oxygens (including phenoxy) is 2. The number of Topliss-reactive ketones (excluding diaryl/α,β-unsaturated/α-hetero) is 1. The fraction of sp³-hybridized carbons (Fsp3) is 0.786. The summed E-state index contributed by atoms with van der Waals surface area (Å²) in [5.41, 5.74) is -0.602. The zero-order valence-electron chi connectivity index (χ0n) is 12.5. The molecule has 1 N–H and O–H groups in total. The second-order valence-corrected chi connectivity index (χ2v) is 5.90. The fourth-order valence-corrected chi connectivity index (χ4v) is 2.08. The molecule has 6 heteroatoms. The molecule has 2 atom stereocenters. The Hall–Kier alpha value is -1.59. The molecule has 0 radical (unpaired) electrons. The van der Waals surface area contributed by atoms with Gasteiger partial charge in [0.1, 0.15) is 5.60 Å². The number of amides is 1. The first-order chi connectivity index (χ1) is 9.23. The predicted molar refractivity (Wildman–Crippen MR) is 72.1 cm³/mol. The molecule has 1 fully saturated rings. The molecule has 1 rings (SSSR count). The SMILES string of the molecule is CCOC(=O)[C@@H]1CC[C@@H](NC(=O)OC(C)(C)C)C(=O)C1. The van der Waals surface area contributed by atoms with Crippen molar-refractivity contribution in [3.8, 4) is 0 Å². The van der Waals surface area contributed by atoms with E-state index in [1.54, 1.807) is 27.7 Å². The van der Waals surface area contributed by atoms with Gasteiger partial charge < -0.3 is 14.8 Å². The maximum absolute atomic E-state index is 11.9. The normalized spacial score (nSPS) is 23.1. The lowest BCUT2D eigenvalue weighted by Crippen LogP contribution is -2.47. The Morgan fingerprint density at radius 2 is 1.95 bits per heavy atom. The van der Waals surface area contributed by atoms with Gasteiger partial charge in [-0.1, -0.05) is 0 Å². The highest BCUT2D eigenvalue weighted by molar-refractivity contribution is 5.91. The highest BCUT2D eigenvalue weighted by Crippen LogP contribution is 2.23. The first kappa shape index (κ1) is 16.5. The number of carbonyl (C=O) groups is 3. The molecule has 1 aliphatic rings. The van der Waals surface area contributed by atoms with E-state index in [1.165, 1.54) is 0 Å². The average molecular weight is 285 g/mol. The van der Waals surface area contributed by atoms with Crippen LogP contribution in [0.5, 0.6) is 0 Å². The van der Waals surface area contributed by atoms with Crippen LogP contribution in [0.1, 0.15) is 47.0 Å². The molecule has 0 aromatic carbocycles. The summed E-state index contributed by atoms with van der Waals surface area (Å²) in [6.45, 7) is 7.31. The van der Waals surface area contributed by atoms with E-state index in [-0.39, 0.29) is 24.1 Å². The number of rotatable bonds is 3. The zero-order valence-corrected chi connectivity index (χ0v) is 12.5. The van der Waals surface area contributed by atoms with Crippen LogP contribution in [0.3, 0.4) is 0 Å². The van der Waals surface area contributed by atoms with Crippen LogP contribution in [-0.4, -0.2) is 36.1 Å². The molecular weight excluding hydrogens is 262 g/mol. The molecular formula is C14H23NO5. The van der Waals surface area contributed by atoms with E-state index >= 15 is 0 Å². The quantitative estimate of drug-likeness (QED) is 0.800. The van der Waals surface area contributed by atoms with Crippen molar-refractivity contribution in [2.24, 2.45) is 5.92 Å². The lowest BCUT2D eigenvalue weighted by molar-refractivity contribution is -0.151. The standard InChI is InChI=1S/C14H23NO5/c1-5-19-12(17)9-6-7-10(11(16)8-9)15-13(18)20-14(2,3)4/h9-10H,5-8H2,1-4H3,(H,15,18)/t9-,10-/m1/s1. The second kappa shape index (κ2) is 6.72. The molecule has 0 unspecified atom stereocenters. The van der Waals surface area contributed by atoms with Crippen LogP contribution in [0.25, 0.3) is 0 Å². The third-order valence-corrected chi connectivity index (χ3v) is 2.95. The van der Waals surface area contributed by atoms with E-state index in [1.807, 2.05) is 0 Å². The molecule has 0 aromatic heterocycles. The monoisotopic (exact) mass is 285 g/mol. The Morgan fingerprint density at radius 3 is 2.45 bits per heavy atom. The summed E-state index contributed by atoms with van der Waals surface area (Å²) in [4.78, 5) is 35.1. The summed E-state index contributed by atoms with van der Waals surface area (Å²) >= 11 is 0. The molecule has 20 heavy (non-hydrogen) atoms. The van der Waals surface area contributed by atoms with Crippen LogP contribution < -0.4 is 5.32 Å². The van der Waals surface area contributed by atoms with Gasteiger partial charge in [0.2, 0.25) is 0 Å². The minimum atomic E-state index is -0.606. The Morgan fingerprint density at radius 1 is 1.30 bits per heavy atom. The lowest BCUT2D eigenvalue weighted by atomic mass is 9.85. The molecule has 0 aromatic rings. The summed E-state index contributed by atoms with van der Waals surface area (Å²) in [6.07, 6.45) is 0.469. The Balaban J connectivity index is 2.47. The number of alkyl carbamates (subject to hydrolysis) is 1. The van der Waals surface area contributed by atoms with Crippen molar-refractivity contribution in [3.05, 3.63) is 0 Å². The van der Waals surface area contributed by atoms with Gasteiger partial charge in [0, 0.05) is 6.42 Å². The molecule has 0 aliphatic heterocycles. The van der Waals surface area contributed by atoms with Crippen LogP contribution in [0, 0.1) is 5.92 Å².